The van der Waals surface area contributed by atoms with Crippen molar-refractivity contribution in [2.75, 3.05) is 0 Å². The van der Waals surface area contributed by atoms with E-state index in [0.29, 0.717) is 6.07 Å². The molecule has 0 N–H and O–H groups in total. The van der Waals surface area contributed by atoms with E-state index < -0.39 is 28.6 Å². The van der Waals surface area contributed by atoms with Crippen molar-refractivity contribution >= 4 is 17.4 Å². The molecule has 7 heteroatoms. The highest BCUT2D eigenvalue weighted by molar-refractivity contribution is 6.33. The quantitative estimate of drug-likeness (QED) is 0.466. The fourth-order valence-corrected chi connectivity index (χ4v) is 1.94. The van der Waals surface area contributed by atoms with Crippen molar-refractivity contribution in [3.8, 4) is 0 Å². The van der Waals surface area contributed by atoms with Crippen LogP contribution < -0.4 is 0 Å². The number of rotatable bonds is 2. The molecule has 1 aromatic heterocycles. The van der Waals surface area contributed by atoms with Crippen molar-refractivity contribution in [1.82, 2.24) is 4.98 Å². The SMILES string of the molecule is Cc1cc(C(=O)c2ccc(C(F)(F)F)nc2Cl)ccc1F. The number of benzene rings is 1. The van der Waals surface area contributed by atoms with Gasteiger partial charge in [0.15, 0.2) is 5.78 Å². The number of aromatic nitrogens is 1. The van der Waals surface area contributed by atoms with Crippen molar-refractivity contribution in [3.63, 3.8) is 0 Å². The molecule has 0 amide bonds. The lowest BCUT2D eigenvalue weighted by Gasteiger charge is -2.09. The molecule has 0 saturated heterocycles. The van der Waals surface area contributed by atoms with Crippen LogP contribution in [0.25, 0.3) is 0 Å². The zero-order valence-corrected chi connectivity index (χ0v) is 11.4. The summed E-state index contributed by atoms with van der Waals surface area (Å²) >= 11 is 5.65. The third-order valence-electron chi connectivity index (χ3n) is 2.80. The largest absolute Gasteiger partial charge is 0.433 e. The van der Waals surface area contributed by atoms with Crippen LogP contribution in [-0.4, -0.2) is 10.8 Å². The predicted octanol–water partition coefficient (Wildman–Crippen LogP) is 4.43. The number of hydrogen-bond donors (Lipinski definition) is 0. The van der Waals surface area contributed by atoms with Crippen molar-refractivity contribution in [3.05, 3.63) is 63.7 Å². The number of nitrogens with zero attached hydrogens (tertiary/aromatic N) is 1. The molecule has 0 aliphatic rings. The van der Waals surface area contributed by atoms with Crippen LogP contribution in [0.1, 0.15) is 27.2 Å². The molecule has 0 bridgehead atoms. The summed E-state index contributed by atoms with van der Waals surface area (Å²) in [4.78, 5) is 15.3. The lowest BCUT2D eigenvalue weighted by atomic mass is 10.0. The van der Waals surface area contributed by atoms with Crippen LogP contribution in [0, 0.1) is 12.7 Å². The van der Waals surface area contributed by atoms with Crippen molar-refractivity contribution in [2.45, 2.75) is 13.1 Å². The van der Waals surface area contributed by atoms with E-state index in [1.807, 2.05) is 0 Å². The van der Waals surface area contributed by atoms with Gasteiger partial charge in [-0.15, -0.1) is 0 Å². The van der Waals surface area contributed by atoms with Crippen LogP contribution in [0.3, 0.4) is 0 Å². The molecular formula is C14H8ClF4NO. The van der Waals surface area contributed by atoms with Crippen LogP contribution >= 0.6 is 11.6 Å². The first-order valence-electron chi connectivity index (χ1n) is 5.74. The molecule has 0 aliphatic carbocycles. The zero-order chi connectivity index (χ0) is 15.8. The van der Waals surface area contributed by atoms with Crippen LogP contribution in [-0.2, 0) is 6.18 Å². The highest BCUT2D eigenvalue weighted by Gasteiger charge is 2.33. The Labute approximate surface area is 122 Å². The Balaban J connectivity index is 2.42. The van der Waals surface area contributed by atoms with Crippen LogP contribution in [0.5, 0.6) is 0 Å². The van der Waals surface area contributed by atoms with Gasteiger partial charge in [0.05, 0.1) is 5.56 Å². The summed E-state index contributed by atoms with van der Waals surface area (Å²) in [5, 5.41) is -0.545. The molecule has 1 heterocycles. The van der Waals surface area contributed by atoms with Gasteiger partial charge in [0.1, 0.15) is 16.7 Å². The highest BCUT2D eigenvalue weighted by Crippen LogP contribution is 2.30. The summed E-state index contributed by atoms with van der Waals surface area (Å²) in [7, 11) is 0. The molecule has 2 rings (SSSR count). The minimum Gasteiger partial charge on any atom is -0.288 e. The van der Waals surface area contributed by atoms with Gasteiger partial charge < -0.3 is 0 Å². The average molecular weight is 318 g/mol. The molecule has 0 radical (unpaired) electrons. The average Bonchev–Trinajstić information content (AvgIpc) is 2.40. The van der Waals surface area contributed by atoms with E-state index in [4.69, 9.17) is 11.6 Å². The standard InChI is InChI=1S/C14H8ClF4NO/c1-7-6-8(2-4-10(7)16)12(21)9-3-5-11(14(17,18)19)20-13(9)15/h2-6H,1H3. The molecule has 0 atom stereocenters. The number of aryl methyl sites for hydroxylation is 1. The number of ketones is 1. The Kier molecular flexibility index (Phi) is 4.00. The highest BCUT2D eigenvalue weighted by atomic mass is 35.5. The molecule has 1 aromatic carbocycles. The Morgan fingerprint density at radius 3 is 2.38 bits per heavy atom. The summed E-state index contributed by atoms with van der Waals surface area (Å²) in [5.74, 6) is -1.10. The fourth-order valence-electron chi connectivity index (χ4n) is 1.70. The third-order valence-corrected chi connectivity index (χ3v) is 3.09. The van der Waals surface area contributed by atoms with Gasteiger partial charge >= 0.3 is 6.18 Å². The summed E-state index contributed by atoms with van der Waals surface area (Å²) in [6.07, 6.45) is -4.64. The smallest absolute Gasteiger partial charge is 0.288 e. The number of carbonyl (C=O) groups is 1. The van der Waals surface area contributed by atoms with Gasteiger partial charge in [0, 0.05) is 5.56 Å². The van der Waals surface area contributed by atoms with Gasteiger partial charge in [-0.05, 0) is 42.8 Å². The maximum absolute atomic E-state index is 13.2. The van der Waals surface area contributed by atoms with Crippen LogP contribution in [0.15, 0.2) is 30.3 Å². The molecule has 0 fully saturated rings. The summed E-state index contributed by atoms with van der Waals surface area (Å²) in [6.45, 7) is 1.47. The Hall–Kier alpha value is -1.95. The second-order valence-electron chi connectivity index (χ2n) is 4.33. The first-order chi connectivity index (χ1) is 9.70. The maximum atomic E-state index is 13.2. The third kappa shape index (κ3) is 3.21. The molecule has 21 heavy (non-hydrogen) atoms. The molecular weight excluding hydrogens is 310 g/mol. The molecule has 0 spiro atoms. The van der Waals surface area contributed by atoms with Crippen LogP contribution in [0.2, 0.25) is 5.15 Å². The van der Waals surface area contributed by atoms with E-state index in [-0.39, 0.29) is 16.7 Å². The van der Waals surface area contributed by atoms with E-state index in [1.165, 1.54) is 19.1 Å². The maximum Gasteiger partial charge on any atom is 0.433 e. The number of pyridine rings is 1. The van der Waals surface area contributed by atoms with E-state index in [0.717, 1.165) is 12.1 Å². The van der Waals surface area contributed by atoms with Gasteiger partial charge in [-0.1, -0.05) is 11.6 Å². The summed E-state index contributed by atoms with van der Waals surface area (Å²) in [5.41, 5.74) is -0.982. The molecule has 0 aliphatic heterocycles. The van der Waals surface area contributed by atoms with Gasteiger partial charge in [0.25, 0.3) is 0 Å². The molecule has 0 saturated carbocycles. The normalized spacial score (nSPS) is 11.5. The van der Waals surface area contributed by atoms with Gasteiger partial charge in [-0.3, -0.25) is 4.79 Å². The minimum absolute atomic E-state index is 0.123. The van der Waals surface area contributed by atoms with Crippen molar-refractivity contribution in [2.24, 2.45) is 0 Å². The van der Waals surface area contributed by atoms with Gasteiger partial charge in [-0.2, -0.15) is 13.2 Å². The zero-order valence-electron chi connectivity index (χ0n) is 10.6. The topological polar surface area (TPSA) is 30.0 Å². The number of alkyl halides is 3. The number of hydrogen-bond acceptors (Lipinski definition) is 2. The molecule has 0 unspecified atom stereocenters. The monoisotopic (exact) mass is 317 g/mol. The Bertz CT molecular complexity index is 713. The summed E-state index contributed by atoms with van der Waals surface area (Å²) < 4.78 is 50.6. The van der Waals surface area contributed by atoms with Crippen molar-refractivity contribution < 1.29 is 22.4 Å². The first-order valence-corrected chi connectivity index (χ1v) is 6.12. The fraction of sp³-hybridized carbons (Fsp3) is 0.143. The van der Waals surface area contributed by atoms with Gasteiger partial charge in [-0.25, -0.2) is 9.37 Å². The Morgan fingerprint density at radius 1 is 1.19 bits per heavy atom. The minimum atomic E-state index is -4.64. The number of carbonyl (C=O) groups excluding carboxylic acids is 1. The van der Waals surface area contributed by atoms with Crippen LogP contribution in [0.4, 0.5) is 17.6 Å². The predicted molar refractivity (Wildman–Crippen MR) is 68.8 cm³/mol. The van der Waals surface area contributed by atoms with E-state index in [2.05, 4.69) is 4.98 Å². The second kappa shape index (κ2) is 5.44. The molecule has 2 aromatic rings. The molecule has 110 valence electrons. The van der Waals surface area contributed by atoms with E-state index in [1.54, 1.807) is 0 Å². The lowest BCUT2D eigenvalue weighted by molar-refractivity contribution is -0.141. The van der Waals surface area contributed by atoms with Gasteiger partial charge in [0.2, 0.25) is 0 Å². The first kappa shape index (κ1) is 15.4. The summed E-state index contributed by atoms with van der Waals surface area (Å²) in [6, 6.07) is 5.27. The van der Waals surface area contributed by atoms with Crippen molar-refractivity contribution in [1.29, 1.82) is 0 Å². The van der Waals surface area contributed by atoms with E-state index in [9.17, 15) is 22.4 Å². The number of halogens is 5. The molecule has 2 nitrogen and oxygen atoms in total. The Morgan fingerprint density at radius 2 is 1.86 bits per heavy atom. The van der Waals surface area contributed by atoms with E-state index >= 15 is 0 Å². The lowest BCUT2D eigenvalue weighted by Crippen LogP contribution is -2.11. The second-order valence-corrected chi connectivity index (χ2v) is 4.68.